The van der Waals surface area contributed by atoms with Crippen molar-refractivity contribution in [1.82, 2.24) is 0 Å². The molecular weight excluding hydrogens is 196 g/mol. The van der Waals surface area contributed by atoms with Crippen molar-refractivity contribution in [3.05, 3.63) is 0 Å². The Kier molecular flexibility index (Phi) is 3.26. The highest BCUT2D eigenvalue weighted by Gasteiger charge is 2.46. The van der Waals surface area contributed by atoms with Crippen LogP contribution < -0.4 is 0 Å². The summed E-state index contributed by atoms with van der Waals surface area (Å²) in [6.07, 6.45) is 4.25. The number of hydrogen-bond donors (Lipinski definition) is 0. The van der Waals surface area contributed by atoms with Crippen LogP contribution in [-0.2, 0) is 19.0 Å². The van der Waals surface area contributed by atoms with Crippen LogP contribution in [-0.4, -0.2) is 31.6 Å². The van der Waals surface area contributed by atoms with Crippen LogP contribution in [0.1, 0.15) is 32.6 Å². The van der Waals surface area contributed by atoms with E-state index in [1.165, 1.54) is 13.3 Å². The normalized spacial score (nSPS) is 29.3. The lowest BCUT2D eigenvalue weighted by Gasteiger charge is -2.38. The lowest BCUT2D eigenvalue weighted by atomic mass is 9.83. The molecule has 2 rings (SSSR count). The molecule has 1 spiro atoms. The lowest BCUT2D eigenvalue weighted by Crippen LogP contribution is -2.44. The highest BCUT2D eigenvalue weighted by atomic mass is 16.7. The van der Waals surface area contributed by atoms with Crippen molar-refractivity contribution < 1.29 is 19.0 Å². The first-order valence-corrected chi connectivity index (χ1v) is 5.64. The quantitative estimate of drug-likeness (QED) is 0.653. The van der Waals surface area contributed by atoms with Crippen LogP contribution in [0.25, 0.3) is 0 Å². The molecule has 1 heterocycles. The van der Waals surface area contributed by atoms with Crippen LogP contribution in [0.4, 0.5) is 0 Å². The molecule has 0 aromatic rings. The van der Waals surface area contributed by atoms with Gasteiger partial charge in [-0.05, 0) is 12.8 Å². The summed E-state index contributed by atoms with van der Waals surface area (Å²) >= 11 is 0. The molecule has 4 nitrogen and oxygen atoms in total. The van der Waals surface area contributed by atoms with E-state index >= 15 is 0 Å². The number of carbonyl (C=O) groups is 1. The molecule has 2 fully saturated rings. The molecule has 2 aliphatic rings. The van der Waals surface area contributed by atoms with E-state index in [-0.39, 0.29) is 11.9 Å². The molecular formula is C11H18O4. The second kappa shape index (κ2) is 4.49. The van der Waals surface area contributed by atoms with Gasteiger partial charge in [0, 0.05) is 19.3 Å². The molecule has 1 saturated carbocycles. The van der Waals surface area contributed by atoms with Crippen molar-refractivity contribution in [2.24, 2.45) is 5.92 Å². The summed E-state index contributed by atoms with van der Waals surface area (Å²) in [5.74, 6) is -0.473. The van der Waals surface area contributed by atoms with E-state index in [2.05, 4.69) is 0 Å². The molecule has 0 bridgehead atoms. The Morgan fingerprint density at radius 1 is 1.40 bits per heavy atom. The molecule has 1 unspecified atom stereocenters. The molecule has 15 heavy (non-hydrogen) atoms. The number of esters is 1. The van der Waals surface area contributed by atoms with Gasteiger partial charge in [-0.1, -0.05) is 6.42 Å². The topological polar surface area (TPSA) is 44.8 Å². The van der Waals surface area contributed by atoms with E-state index < -0.39 is 5.79 Å². The molecule has 0 amide bonds. The summed E-state index contributed by atoms with van der Waals surface area (Å²) < 4.78 is 16.5. The maximum absolute atomic E-state index is 10.8. The molecule has 1 atom stereocenters. The minimum absolute atomic E-state index is 0.206. The highest BCUT2D eigenvalue weighted by molar-refractivity contribution is 5.65. The largest absolute Gasteiger partial charge is 0.465 e. The Morgan fingerprint density at radius 3 is 2.80 bits per heavy atom. The van der Waals surface area contributed by atoms with Crippen molar-refractivity contribution in [2.75, 3.05) is 19.8 Å². The fourth-order valence-corrected chi connectivity index (χ4v) is 2.46. The third kappa shape index (κ3) is 2.32. The zero-order valence-electron chi connectivity index (χ0n) is 9.16. The number of rotatable bonds is 2. The van der Waals surface area contributed by atoms with Gasteiger partial charge in [0.05, 0.1) is 19.8 Å². The Morgan fingerprint density at radius 2 is 2.13 bits per heavy atom. The van der Waals surface area contributed by atoms with E-state index in [1.807, 2.05) is 0 Å². The standard InChI is InChI=1S/C11H18O4/c1-9(12)13-8-10-4-2-3-5-11(10)14-6-7-15-11/h10H,2-8H2,1H3. The summed E-state index contributed by atoms with van der Waals surface area (Å²) in [7, 11) is 0. The molecule has 1 aliphatic heterocycles. The van der Waals surface area contributed by atoms with Crippen molar-refractivity contribution in [3.8, 4) is 0 Å². The van der Waals surface area contributed by atoms with Gasteiger partial charge in [0.2, 0.25) is 0 Å². The fourth-order valence-electron chi connectivity index (χ4n) is 2.46. The highest BCUT2D eigenvalue weighted by Crippen LogP contribution is 2.40. The van der Waals surface area contributed by atoms with Gasteiger partial charge in [-0.25, -0.2) is 0 Å². The zero-order chi connectivity index (χ0) is 10.7. The summed E-state index contributed by atoms with van der Waals surface area (Å²) in [5, 5.41) is 0. The minimum Gasteiger partial charge on any atom is -0.465 e. The SMILES string of the molecule is CC(=O)OCC1CCCCC12OCCO2. The fraction of sp³-hybridized carbons (Fsp3) is 0.909. The van der Waals surface area contributed by atoms with Gasteiger partial charge in [0.25, 0.3) is 0 Å². The number of ether oxygens (including phenoxy) is 3. The smallest absolute Gasteiger partial charge is 0.302 e. The van der Waals surface area contributed by atoms with Crippen LogP contribution in [0.3, 0.4) is 0 Å². The summed E-state index contributed by atoms with van der Waals surface area (Å²) in [4.78, 5) is 10.8. The molecule has 1 saturated heterocycles. The van der Waals surface area contributed by atoms with E-state index in [0.29, 0.717) is 19.8 Å². The monoisotopic (exact) mass is 214 g/mol. The van der Waals surface area contributed by atoms with Gasteiger partial charge in [-0.2, -0.15) is 0 Å². The van der Waals surface area contributed by atoms with Gasteiger partial charge >= 0.3 is 5.97 Å². The van der Waals surface area contributed by atoms with Crippen molar-refractivity contribution >= 4 is 5.97 Å². The minimum atomic E-state index is -0.451. The maximum atomic E-state index is 10.8. The van der Waals surface area contributed by atoms with Gasteiger partial charge in [-0.15, -0.1) is 0 Å². The van der Waals surface area contributed by atoms with Gasteiger partial charge in [0.1, 0.15) is 0 Å². The molecule has 0 N–H and O–H groups in total. The van der Waals surface area contributed by atoms with E-state index in [0.717, 1.165) is 19.3 Å². The molecule has 0 aromatic heterocycles. The predicted molar refractivity (Wildman–Crippen MR) is 53.2 cm³/mol. The average molecular weight is 214 g/mol. The predicted octanol–water partition coefficient (Wildman–Crippen LogP) is 1.48. The Balaban J connectivity index is 1.96. The average Bonchev–Trinajstić information content (AvgIpc) is 2.66. The summed E-state index contributed by atoms with van der Waals surface area (Å²) in [6, 6.07) is 0. The third-order valence-electron chi connectivity index (χ3n) is 3.21. The van der Waals surface area contributed by atoms with E-state index in [1.54, 1.807) is 0 Å². The number of carbonyl (C=O) groups excluding carboxylic acids is 1. The second-order valence-corrected chi connectivity index (χ2v) is 4.25. The third-order valence-corrected chi connectivity index (χ3v) is 3.21. The van der Waals surface area contributed by atoms with Crippen LogP contribution in [0.5, 0.6) is 0 Å². The first-order chi connectivity index (χ1) is 7.23. The van der Waals surface area contributed by atoms with Gasteiger partial charge < -0.3 is 14.2 Å². The Bertz CT molecular complexity index is 233. The van der Waals surface area contributed by atoms with Crippen LogP contribution in [0, 0.1) is 5.92 Å². The molecule has 1 aliphatic carbocycles. The van der Waals surface area contributed by atoms with E-state index in [4.69, 9.17) is 14.2 Å². The maximum Gasteiger partial charge on any atom is 0.302 e. The summed E-state index contributed by atoms with van der Waals surface area (Å²) in [5.41, 5.74) is 0. The van der Waals surface area contributed by atoms with Crippen molar-refractivity contribution in [1.29, 1.82) is 0 Å². The Hall–Kier alpha value is -0.610. The van der Waals surface area contributed by atoms with Crippen molar-refractivity contribution in [3.63, 3.8) is 0 Å². The summed E-state index contributed by atoms with van der Waals surface area (Å²) in [6.45, 7) is 3.19. The van der Waals surface area contributed by atoms with Crippen LogP contribution >= 0.6 is 0 Å². The van der Waals surface area contributed by atoms with Crippen LogP contribution in [0.2, 0.25) is 0 Å². The van der Waals surface area contributed by atoms with Gasteiger partial charge in [-0.3, -0.25) is 4.79 Å². The second-order valence-electron chi connectivity index (χ2n) is 4.25. The first kappa shape index (κ1) is 10.9. The lowest BCUT2D eigenvalue weighted by molar-refractivity contribution is -0.222. The van der Waals surface area contributed by atoms with Crippen molar-refractivity contribution in [2.45, 2.75) is 38.4 Å². The van der Waals surface area contributed by atoms with E-state index in [9.17, 15) is 4.79 Å². The van der Waals surface area contributed by atoms with Crippen LogP contribution in [0.15, 0.2) is 0 Å². The first-order valence-electron chi connectivity index (χ1n) is 5.64. The molecule has 0 radical (unpaired) electrons. The number of hydrogen-bond acceptors (Lipinski definition) is 4. The van der Waals surface area contributed by atoms with Gasteiger partial charge in [0.15, 0.2) is 5.79 Å². The Labute approximate surface area is 89.9 Å². The molecule has 4 heteroatoms. The zero-order valence-corrected chi connectivity index (χ0v) is 9.16. The molecule has 0 aromatic carbocycles. The molecule has 86 valence electrons.